The highest BCUT2D eigenvalue weighted by Crippen LogP contribution is 2.27. The SMILES string of the molecule is Nc1cc(Cl)cc(S(=O)(=O)N2CC(=O)NC(=O)C2)c1F. The molecule has 2 rings (SSSR count). The summed E-state index contributed by atoms with van der Waals surface area (Å²) in [5.74, 6) is -2.76. The van der Waals surface area contributed by atoms with Crippen LogP contribution < -0.4 is 11.1 Å². The zero-order valence-corrected chi connectivity index (χ0v) is 11.5. The van der Waals surface area contributed by atoms with E-state index in [0.29, 0.717) is 4.31 Å². The van der Waals surface area contributed by atoms with Crippen molar-refractivity contribution in [3.63, 3.8) is 0 Å². The number of nitrogens with one attached hydrogen (secondary N) is 1. The van der Waals surface area contributed by atoms with Crippen LogP contribution in [-0.2, 0) is 19.6 Å². The van der Waals surface area contributed by atoms with Gasteiger partial charge in [0.25, 0.3) is 0 Å². The van der Waals surface area contributed by atoms with E-state index in [9.17, 15) is 22.4 Å². The van der Waals surface area contributed by atoms with Gasteiger partial charge >= 0.3 is 0 Å². The Balaban J connectivity index is 2.50. The molecule has 1 aromatic carbocycles. The number of halogens is 2. The lowest BCUT2D eigenvalue weighted by atomic mass is 10.3. The van der Waals surface area contributed by atoms with Gasteiger partial charge in [0.05, 0.1) is 18.8 Å². The molecule has 0 spiro atoms. The summed E-state index contributed by atoms with van der Waals surface area (Å²) in [6, 6.07) is 1.93. The number of piperazine rings is 1. The number of imide groups is 1. The Bertz CT molecular complexity index is 691. The fourth-order valence-corrected chi connectivity index (χ4v) is 3.46. The van der Waals surface area contributed by atoms with Gasteiger partial charge in [-0.3, -0.25) is 14.9 Å². The van der Waals surface area contributed by atoms with Crippen LogP contribution >= 0.6 is 11.6 Å². The summed E-state index contributed by atoms with van der Waals surface area (Å²) in [5, 5.41) is 1.87. The first-order valence-electron chi connectivity index (χ1n) is 5.29. The van der Waals surface area contributed by atoms with Crippen molar-refractivity contribution in [2.24, 2.45) is 0 Å². The smallest absolute Gasteiger partial charge is 0.247 e. The van der Waals surface area contributed by atoms with Crippen LogP contribution in [0.5, 0.6) is 0 Å². The van der Waals surface area contributed by atoms with Crippen molar-refractivity contribution in [1.82, 2.24) is 9.62 Å². The highest BCUT2D eigenvalue weighted by molar-refractivity contribution is 7.89. The van der Waals surface area contributed by atoms with Gasteiger partial charge in [0, 0.05) is 5.02 Å². The monoisotopic (exact) mass is 321 g/mol. The van der Waals surface area contributed by atoms with Crippen LogP contribution in [0.15, 0.2) is 17.0 Å². The maximum absolute atomic E-state index is 13.9. The number of carbonyl (C=O) groups excluding carboxylic acids is 2. The molecule has 1 fully saturated rings. The molecule has 3 N–H and O–H groups in total. The Morgan fingerprint density at radius 3 is 2.35 bits per heavy atom. The van der Waals surface area contributed by atoms with Crippen molar-refractivity contribution in [3.05, 3.63) is 23.0 Å². The van der Waals surface area contributed by atoms with E-state index in [1.54, 1.807) is 0 Å². The van der Waals surface area contributed by atoms with Gasteiger partial charge in [-0.2, -0.15) is 4.31 Å². The molecule has 1 aromatic rings. The van der Waals surface area contributed by atoms with Gasteiger partial charge < -0.3 is 5.73 Å². The van der Waals surface area contributed by atoms with E-state index in [2.05, 4.69) is 0 Å². The Hall–Kier alpha value is -1.71. The maximum atomic E-state index is 13.9. The highest BCUT2D eigenvalue weighted by Gasteiger charge is 2.35. The lowest BCUT2D eigenvalue weighted by molar-refractivity contribution is -0.134. The van der Waals surface area contributed by atoms with Gasteiger partial charge in [-0.05, 0) is 12.1 Å². The van der Waals surface area contributed by atoms with E-state index in [-0.39, 0.29) is 5.02 Å². The van der Waals surface area contributed by atoms with E-state index in [4.69, 9.17) is 17.3 Å². The molecule has 0 aliphatic carbocycles. The number of nitrogens with two attached hydrogens (primary N) is 1. The number of benzene rings is 1. The van der Waals surface area contributed by atoms with E-state index in [0.717, 1.165) is 12.1 Å². The standard InChI is InChI=1S/C10H9ClFN3O4S/c11-5-1-6(13)10(12)7(2-5)20(18,19)15-3-8(16)14-9(17)4-15/h1-2H,3-4,13H2,(H,14,16,17). The molecule has 1 aliphatic heterocycles. The van der Waals surface area contributed by atoms with Crippen LogP contribution in [0, 0.1) is 5.82 Å². The molecule has 1 heterocycles. The van der Waals surface area contributed by atoms with Crippen molar-refractivity contribution >= 4 is 39.1 Å². The average Bonchev–Trinajstić information content (AvgIpc) is 2.32. The minimum Gasteiger partial charge on any atom is -0.396 e. The molecule has 0 unspecified atom stereocenters. The van der Waals surface area contributed by atoms with Crippen molar-refractivity contribution in [2.75, 3.05) is 18.8 Å². The third kappa shape index (κ3) is 2.60. The van der Waals surface area contributed by atoms with Gasteiger partial charge in [0.2, 0.25) is 21.8 Å². The number of carbonyl (C=O) groups is 2. The predicted octanol–water partition coefficient (Wildman–Crippen LogP) is -0.292. The lowest BCUT2D eigenvalue weighted by Gasteiger charge is -2.25. The summed E-state index contributed by atoms with van der Waals surface area (Å²) in [4.78, 5) is 21.6. The van der Waals surface area contributed by atoms with Gasteiger partial charge in [0.15, 0.2) is 5.82 Å². The lowest BCUT2D eigenvalue weighted by Crippen LogP contribution is -2.53. The van der Waals surface area contributed by atoms with Crippen LogP contribution in [0.25, 0.3) is 0 Å². The van der Waals surface area contributed by atoms with E-state index >= 15 is 0 Å². The molecule has 2 amide bonds. The fourth-order valence-electron chi connectivity index (χ4n) is 1.69. The van der Waals surface area contributed by atoms with Gasteiger partial charge in [0.1, 0.15) is 4.90 Å². The molecular formula is C10H9ClFN3O4S. The van der Waals surface area contributed by atoms with Crippen molar-refractivity contribution in [2.45, 2.75) is 4.90 Å². The van der Waals surface area contributed by atoms with E-state index < -0.39 is 51.3 Å². The molecule has 7 nitrogen and oxygen atoms in total. The Morgan fingerprint density at radius 1 is 1.25 bits per heavy atom. The highest BCUT2D eigenvalue weighted by atomic mass is 35.5. The third-order valence-electron chi connectivity index (χ3n) is 2.57. The number of amides is 2. The van der Waals surface area contributed by atoms with Crippen LogP contribution in [0.2, 0.25) is 5.02 Å². The van der Waals surface area contributed by atoms with Gasteiger partial charge in [-0.25, -0.2) is 12.8 Å². The summed E-state index contributed by atoms with van der Waals surface area (Å²) < 4.78 is 38.9. The minimum atomic E-state index is -4.39. The number of nitrogens with zero attached hydrogens (tertiary/aromatic N) is 1. The third-order valence-corrected chi connectivity index (χ3v) is 4.58. The number of sulfonamides is 1. The number of rotatable bonds is 2. The second-order valence-corrected chi connectivity index (χ2v) is 6.39. The molecule has 1 saturated heterocycles. The number of hydrogen-bond acceptors (Lipinski definition) is 5. The number of hydrogen-bond donors (Lipinski definition) is 2. The second-order valence-electron chi connectivity index (χ2n) is 4.05. The number of anilines is 1. The van der Waals surface area contributed by atoms with Crippen molar-refractivity contribution < 1.29 is 22.4 Å². The maximum Gasteiger partial charge on any atom is 0.247 e. The largest absolute Gasteiger partial charge is 0.396 e. The van der Waals surface area contributed by atoms with Crippen LogP contribution in [-0.4, -0.2) is 37.6 Å². The Kier molecular flexibility index (Phi) is 3.67. The minimum absolute atomic E-state index is 0.0738. The quantitative estimate of drug-likeness (QED) is 0.574. The molecule has 20 heavy (non-hydrogen) atoms. The zero-order valence-electron chi connectivity index (χ0n) is 9.89. The summed E-state index contributed by atoms with van der Waals surface area (Å²) in [6.07, 6.45) is 0. The normalized spacial score (nSPS) is 17.1. The van der Waals surface area contributed by atoms with Gasteiger partial charge in [-0.15, -0.1) is 0 Å². The molecule has 10 heteroatoms. The molecule has 1 aliphatic rings. The molecule has 0 bridgehead atoms. The van der Waals surface area contributed by atoms with Gasteiger partial charge in [-0.1, -0.05) is 11.6 Å². The molecule has 0 radical (unpaired) electrons. The average molecular weight is 322 g/mol. The van der Waals surface area contributed by atoms with E-state index in [1.165, 1.54) is 0 Å². The summed E-state index contributed by atoms with van der Waals surface area (Å²) in [6.45, 7) is -1.17. The fraction of sp³-hybridized carbons (Fsp3) is 0.200. The van der Waals surface area contributed by atoms with Crippen molar-refractivity contribution in [1.29, 1.82) is 0 Å². The molecule has 0 saturated carbocycles. The van der Waals surface area contributed by atoms with Crippen LogP contribution in [0.1, 0.15) is 0 Å². The summed E-state index contributed by atoms with van der Waals surface area (Å²) >= 11 is 5.65. The topological polar surface area (TPSA) is 110 Å². The first kappa shape index (κ1) is 14.7. The second kappa shape index (κ2) is 5.00. The van der Waals surface area contributed by atoms with Crippen LogP contribution in [0.3, 0.4) is 0 Å². The first-order valence-corrected chi connectivity index (χ1v) is 7.11. The Morgan fingerprint density at radius 2 is 1.80 bits per heavy atom. The molecule has 0 aromatic heterocycles. The molecular weight excluding hydrogens is 313 g/mol. The van der Waals surface area contributed by atoms with E-state index in [1.807, 2.05) is 5.32 Å². The Labute approximate surface area is 118 Å². The van der Waals surface area contributed by atoms with Crippen LogP contribution in [0.4, 0.5) is 10.1 Å². The summed E-state index contributed by atoms with van der Waals surface area (Å²) in [7, 11) is -4.39. The summed E-state index contributed by atoms with van der Waals surface area (Å²) in [5.41, 5.74) is 4.87. The predicted molar refractivity (Wildman–Crippen MR) is 67.7 cm³/mol. The molecule has 108 valence electrons. The molecule has 0 atom stereocenters. The first-order chi connectivity index (χ1) is 9.21. The number of nitrogen functional groups attached to an aromatic ring is 1. The zero-order chi connectivity index (χ0) is 15.1. The van der Waals surface area contributed by atoms with Crippen molar-refractivity contribution in [3.8, 4) is 0 Å².